The van der Waals surface area contributed by atoms with Crippen LogP contribution in [0.15, 0.2) is 60.7 Å². The Balaban J connectivity index is 1.16. The quantitative estimate of drug-likeness (QED) is 0.0553. The zero-order valence-electron chi connectivity index (χ0n) is 38.7. The number of anilines is 1. The average Bonchev–Trinajstić information content (AvgIpc) is 4.10. The first-order chi connectivity index (χ1) is 32.6. The van der Waals surface area contributed by atoms with Crippen molar-refractivity contribution in [2.45, 2.75) is 99.0 Å². The number of para-hydroxylation sites is 1. The Kier molecular flexibility index (Phi) is 11.0. The number of carbonyl (C=O) groups is 6. The van der Waals surface area contributed by atoms with Crippen molar-refractivity contribution in [3.8, 4) is 5.75 Å². The predicted molar refractivity (Wildman–Crippen MR) is 246 cm³/mol. The standard InChI is InChI=1S/C50H59N7O11/c1-5-46(65)24-29-25-49(45(64)68-4,40-31(14-19-54(26-29)27-46)30-10-7-8-11-34(30)51-40)33-22-32-35(23-36(33)67-3)57(28-58)42-48(32)17-21-55-18-9-16-47(6-2,41(48)55)43(62)50(42,66)44(63)53-52-37(59)15-20-56-38(60)12-13-39(56)61/h7-13,16,22-23,28-29,41-43,51,62,65-66H,5-6,14-15,17-21,24-27H2,1-4H3,(H,52,59)(H,53,63)/t29-,41+,42-,43+,46-,47-,48-,49-,50-/m1/s1. The summed E-state index contributed by atoms with van der Waals surface area (Å²) in [5, 5.41) is 39.1. The molecule has 1 unspecified atom stereocenters. The van der Waals surface area contributed by atoms with Crippen LogP contribution < -0.4 is 20.5 Å². The second-order valence-electron chi connectivity index (χ2n) is 19.9. The molecule has 1 saturated carbocycles. The van der Waals surface area contributed by atoms with E-state index in [0.29, 0.717) is 87.3 Å². The van der Waals surface area contributed by atoms with Gasteiger partial charge < -0.3 is 34.7 Å². The lowest BCUT2D eigenvalue weighted by Gasteiger charge is -2.63. The highest BCUT2D eigenvalue weighted by Gasteiger charge is 2.79. The SMILES string of the molecule is CC[C@@]1(O)C[C@H]2CN(CCc3c([nH]c4ccccc34)[C@](C(=O)OC)(c3cc4c(cc3OC)N(C=O)[C@H]3[C@](O)(C(=O)NNC(=O)CCN5C(=O)C=CC5=O)[C@@H](O)[C@]5(CC)C=CCN6CC[C@]43[C@@H]65)C2)C1. The molecular weight excluding hydrogens is 875 g/mol. The number of rotatable bonds is 10. The van der Waals surface area contributed by atoms with Crippen molar-refractivity contribution < 1.29 is 53.6 Å². The molecule has 2 aromatic carbocycles. The second kappa shape index (κ2) is 16.4. The van der Waals surface area contributed by atoms with E-state index in [9.17, 15) is 39.3 Å². The Morgan fingerprint density at radius 1 is 0.971 bits per heavy atom. The van der Waals surface area contributed by atoms with Crippen LogP contribution in [0.1, 0.15) is 74.8 Å². The summed E-state index contributed by atoms with van der Waals surface area (Å²) in [6.07, 6.45) is 6.58. The highest BCUT2D eigenvalue weighted by molar-refractivity contribution is 6.13. The molecule has 18 heteroatoms. The molecule has 0 radical (unpaired) electrons. The molecule has 10 atom stereocenters. The number of nitrogens with zero attached hydrogens (tertiary/aromatic N) is 4. The van der Waals surface area contributed by atoms with Gasteiger partial charge in [0, 0.05) is 96.4 Å². The van der Waals surface area contributed by atoms with E-state index >= 15 is 4.79 Å². The molecule has 2 saturated heterocycles. The third-order valence-corrected chi connectivity index (χ3v) is 16.9. The van der Waals surface area contributed by atoms with Crippen LogP contribution in [-0.4, -0.2) is 154 Å². The second-order valence-corrected chi connectivity index (χ2v) is 19.9. The number of aliphatic hydroxyl groups is 3. The fourth-order valence-corrected chi connectivity index (χ4v) is 14.0. The van der Waals surface area contributed by atoms with E-state index in [-0.39, 0.29) is 37.5 Å². The molecular formula is C50H59N7O11. The van der Waals surface area contributed by atoms with Crippen molar-refractivity contribution in [3.63, 3.8) is 0 Å². The van der Waals surface area contributed by atoms with Crippen LogP contribution in [0.4, 0.5) is 5.69 Å². The molecule has 7 aliphatic rings. The highest BCUT2D eigenvalue weighted by atomic mass is 16.5. The normalized spacial score (nSPS) is 34.6. The van der Waals surface area contributed by atoms with Gasteiger partial charge in [-0.15, -0.1) is 0 Å². The van der Waals surface area contributed by atoms with Crippen LogP contribution in [0.2, 0.25) is 0 Å². The van der Waals surface area contributed by atoms with Gasteiger partial charge in [-0.25, -0.2) is 0 Å². The molecule has 68 heavy (non-hydrogen) atoms. The number of H-pyrrole nitrogens is 1. The van der Waals surface area contributed by atoms with Crippen LogP contribution in [0.25, 0.3) is 10.9 Å². The summed E-state index contributed by atoms with van der Waals surface area (Å²) in [5.41, 5.74) is 0.418. The number of amides is 5. The van der Waals surface area contributed by atoms with E-state index in [2.05, 4.69) is 25.6 Å². The fraction of sp³-hybridized carbons (Fsp3) is 0.520. The molecule has 6 aliphatic heterocycles. The van der Waals surface area contributed by atoms with Gasteiger partial charge in [0.2, 0.25) is 12.3 Å². The molecule has 5 amide bonds. The molecule has 3 fully saturated rings. The summed E-state index contributed by atoms with van der Waals surface area (Å²) >= 11 is 0. The predicted octanol–water partition coefficient (Wildman–Crippen LogP) is 1.24. The van der Waals surface area contributed by atoms with Gasteiger partial charge in [-0.1, -0.05) is 44.2 Å². The number of methoxy groups -OCH3 is 2. The van der Waals surface area contributed by atoms with Crippen molar-refractivity contribution in [2.75, 3.05) is 58.4 Å². The molecule has 1 aromatic heterocycles. The van der Waals surface area contributed by atoms with Gasteiger partial charge in [0.05, 0.1) is 31.5 Å². The number of benzene rings is 2. The topological polar surface area (TPSA) is 234 Å². The minimum absolute atomic E-state index is 0.208. The summed E-state index contributed by atoms with van der Waals surface area (Å²) in [6.45, 7) is 6.28. The van der Waals surface area contributed by atoms with Gasteiger partial charge in [-0.2, -0.15) is 0 Å². The van der Waals surface area contributed by atoms with Crippen molar-refractivity contribution in [1.29, 1.82) is 0 Å². The maximum absolute atomic E-state index is 15.4. The van der Waals surface area contributed by atoms with Gasteiger partial charge in [0.25, 0.3) is 17.7 Å². The van der Waals surface area contributed by atoms with Gasteiger partial charge in [0.15, 0.2) is 5.60 Å². The van der Waals surface area contributed by atoms with E-state index in [4.69, 9.17) is 9.47 Å². The number of aromatic amines is 1. The van der Waals surface area contributed by atoms with Crippen LogP contribution in [0.5, 0.6) is 5.75 Å². The highest BCUT2D eigenvalue weighted by Crippen LogP contribution is 2.67. The zero-order valence-corrected chi connectivity index (χ0v) is 38.7. The van der Waals surface area contributed by atoms with Gasteiger partial charge in [-0.05, 0) is 74.2 Å². The summed E-state index contributed by atoms with van der Waals surface area (Å²) in [5.74, 6) is -3.64. The average molecular weight is 934 g/mol. The van der Waals surface area contributed by atoms with Gasteiger partial charge >= 0.3 is 5.97 Å². The number of aliphatic hydroxyl groups excluding tert-OH is 1. The summed E-state index contributed by atoms with van der Waals surface area (Å²) in [7, 11) is 2.84. The third kappa shape index (κ3) is 6.26. The van der Waals surface area contributed by atoms with Crippen molar-refractivity contribution in [1.82, 2.24) is 30.5 Å². The number of ether oxygens (including phenoxy) is 2. The van der Waals surface area contributed by atoms with Crippen LogP contribution in [0.3, 0.4) is 0 Å². The van der Waals surface area contributed by atoms with Crippen LogP contribution in [0, 0.1) is 11.3 Å². The van der Waals surface area contributed by atoms with E-state index in [1.54, 1.807) is 6.07 Å². The van der Waals surface area contributed by atoms with Crippen molar-refractivity contribution >= 4 is 52.6 Å². The molecule has 2 bridgehead atoms. The minimum atomic E-state index is -2.78. The van der Waals surface area contributed by atoms with Gasteiger partial charge in [-0.3, -0.25) is 54.3 Å². The first-order valence-corrected chi connectivity index (χ1v) is 23.7. The number of imide groups is 1. The molecule has 18 nitrogen and oxygen atoms in total. The van der Waals surface area contributed by atoms with E-state index < -0.39 is 75.2 Å². The van der Waals surface area contributed by atoms with E-state index in [1.165, 1.54) is 19.1 Å². The maximum atomic E-state index is 15.4. The Morgan fingerprint density at radius 3 is 2.44 bits per heavy atom. The largest absolute Gasteiger partial charge is 0.496 e. The number of carbonyl (C=O) groups excluding carboxylic acids is 6. The molecule has 6 N–H and O–H groups in total. The molecule has 1 aliphatic carbocycles. The summed E-state index contributed by atoms with van der Waals surface area (Å²) < 4.78 is 12.2. The number of hydrogen-bond donors (Lipinski definition) is 6. The number of hydrazine groups is 1. The summed E-state index contributed by atoms with van der Waals surface area (Å²) in [4.78, 5) is 92.0. The number of aromatic nitrogens is 1. The van der Waals surface area contributed by atoms with Crippen molar-refractivity contribution in [2.24, 2.45) is 11.3 Å². The maximum Gasteiger partial charge on any atom is 0.322 e. The molecule has 360 valence electrons. The van der Waals surface area contributed by atoms with Crippen LogP contribution >= 0.6 is 0 Å². The number of hydrogen-bond acceptors (Lipinski definition) is 13. The first-order valence-electron chi connectivity index (χ1n) is 23.7. The number of nitrogens with one attached hydrogen (secondary N) is 3. The minimum Gasteiger partial charge on any atom is -0.496 e. The third-order valence-electron chi connectivity index (χ3n) is 16.9. The van der Waals surface area contributed by atoms with Gasteiger partial charge in [0.1, 0.15) is 17.3 Å². The monoisotopic (exact) mass is 933 g/mol. The Labute approximate surface area is 393 Å². The number of fused-ring (bicyclic) bond motifs is 6. The molecule has 3 aromatic rings. The first kappa shape index (κ1) is 45.8. The lowest BCUT2D eigenvalue weighted by atomic mass is 9.47. The number of esters is 1. The smallest absolute Gasteiger partial charge is 0.322 e. The van der Waals surface area contributed by atoms with Crippen molar-refractivity contribution in [3.05, 3.63) is 83.1 Å². The molecule has 10 rings (SSSR count). The lowest BCUT2D eigenvalue weighted by Crippen LogP contribution is -2.82. The Bertz CT molecular complexity index is 2680. The lowest BCUT2D eigenvalue weighted by molar-refractivity contribution is -0.204. The molecule has 7 heterocycles. The zero-order chi connectivity index (χ0) is 48.1. The fourth-order valence-electron chi connectivity index (χ4n) is 14.0. The number of piperidine rings is 1. The Morgan fingerprint density at radius 2 is 1.74 bits per heavy atom. The van der Waals surface area contributed by atoms with Crippen LogP contribution in [-0.2, 0) is 50.8 Å². The summed E-state index contributed by atoms with van der Waals surface area (Å²) in [6, 6.07) is 9.45. The Hall–Kier alpha value is -5.92. The van der Waals surface area contributed by atoms with E-state index in [0.717, 1.165) is 33.5 Å². The van der Waals surface area contributed by atoms with E-state index in [1.807, 2.05) is 56.3 Å². The molecule has 1 spiro atoms.